The van der Waals surface area contributed by atoms with Crippen LogP contribution in [0, 0.1) is 5.82 Å². The largest absolute Gasteiger partial charge is 0.294 e. The van der Waals surface area contributed by atoms with E-state index in [9.17, 15) is 17.6 Å². The lowest BCUT2D eigenvalue weighted by Crippen LogP contribution is -2.10. The minimum Gasteiger partial charge on any atom is -0.294 e. The van der Waals surface area contributed by atoms with E-state index in [-0.39, 0.29) is 17.7 Å². The van der Waals surface area contributed by atoms with Crippen LogP contribution >= 0.6 is 15.9 Å². The Kier molecular flexibility index (Phi) is 4.21. The molecule has 0 aliphatic heterocycles. The van der Waals surface area contributed by atoms with E-state index >= 15 is 0 Å². The lowest BCUT2D eigenvalue weighted by molar-refractivity contribution is 0.0987. The van der Waals surface area contributed by atoms with Gasteiger partial charge in [0, 0.05) is 22.7 Å². The highest BCUT2D eigenvalue weighted by atomic mass is 79.9. The molecule has 1 aromatic rings. The molecule has 0 saturated heterocycles. The molecule has 0 aliphatic carbocycles. The maximum Gasteiger partial charge on any atom is 0.165 e. The van der Waals surface area contributed by atoms with Crippen LogP contribution in [0.5, 0.6) is 0 Å². The minimum absolute atomic E-state index is 0.138. The van der Waals surface area contributed by atoms with Gasteiger partial charge in [0.2, 0.25) is 0 Å². The van der Waals surface area contributed by atoms with E-state index in [1.165, 1.54) is 12.1 Å². The molecule has 0 amide bonds. The summed E-state index contributed by atoms with van der Waals surface area (Å²) >= 11 is 3.11. The van der Waals surface area contributed by atoms with Gasteiger partial charge in [0.15, 0.2) is 5.78 Å². The lowest BCUT2D eigenvalue weighted by atomic mass is 10.1. The Morgan fingerprint density at radius 1 is 1.44 bits per heavy atom. The van der Waals surface area contributed by atoms with Crippen LogP contribution in [0.3, 0.4) is 0 Å². The minimum atomic E-state index is -3.18. The molecule has 0 atom stereocenters. The molecule has 0 radical (unpaired) electrons. The molecule has 3 nitrogen and oxygen atoms in total. The summed E-state index contributed by atoms with van der Waals surface area (Å²) in [5.74, 6) is -1.14. The van der Waals surface area contributed by atoms with Crippen molar-refractivity contribution in [2.45, 2.75) is 6.42 Å². The first kappa shape index (κ1) is 13.3. The summed E-state index contributed by atoms with van der Waals surface area (Å²) in [6.45, 7) is 0. The number of rotatable bonds is 4. The quantitative estimate of drug-likeness (QED) is 0.801. The van der Waals surface area contributed by atoms with E-state index in [0.717, 1.165) is 12.3 Å². The predicted molar refractivity (Wildman–Crippen MR) is 62.8 cm³/mol. The zero-order valence-electron chi connectivity index (χ0n) is 8.54. The summed E-state index contributed by atoms with van der Waals surface area (Å²) < 4.78 is 35.1. The molecule has 0 N–H and O–H groups in total. The smallest absolute Gasteiger partial charge is 0.165 e. The van der Waals surface area contributed by atoms with Gasteiger partial charge in [-0.25, -0.2) is 12.8 Å². The average molecular weight is 309 g/mol. The molecule has 0 spiro atoms. The number of hydrogen-bond donors (Lipinski definition) is 0. The number of carbonyl (C=O) groups is 1. The molecular weight excluding hydrogens is 299 g/mol. The molecule has 0 unspecified atom stereocenters. The zero-order chi connectivity index (χ0) is 12.3. The Labute approximate surface area is 102 Å². The van der Waals surface area contributed by atoms with Crippen molar-refractivity contribution in [1.29, 1.82) is 0 Å². The standard InChI is InChI=1S/C10H10BrFO3S/c1-16(14,15)5-4-10(13)8-6-7(12)2-3-9(8)11/h2-3,6H,4-5H2,1H3. The summed E-state index contributed by atoms with van der Waals surface area (Å²) in [4.78, 5) is 11.6. The first-order chi connectivity index (χ1) is 7.29. The molecular formula is C10H10BrFO3S. The van der Waals surface area contributed by atoms with Crippen molar-refractivity contribution < 1.29 is 17.6 Å². The van der Waals surface area contributed by atoms with Crippen LogP contribution in [0.25, 0.3) is 0 Å². The predicted octanol–water partition coefficient (Wildman–Crippen LogP) is 2.21. The fourth-order valence-corrected chi connectivity index (χ4v) is 2.15. The van der Waals surface area contributed by atoms with Gasteiger partial charge >= 0.3 is 0 Å². The van der Waals surface area contributed by atoms with Crippen molar-refractivity contribution >= 4 is 31.6 Å². The van der Waals surface area contributed by atoms with Crippen LogP contribution in [0.15, 0.2) is 22.7 Å². The molecule has 0 aromatic heterocycles. The molecule has 16 heavy (non-hydrogen) atoms. The van der Waals surface area contributed by atoms with E-state index in [2.05, 4.69) is 15.9 Å². The van der Waals surface area contributed by atoms with Crippen LogP contribution in [0.1, 0.15) is 16.8 Å². The maximum atomic E-state index is 12.9. The van der Waals surface area contributed by atoms with Crippen LogP contribution in [0.2, 0.25) is 0 Å². The second-order valence-electron chi connectivity index (χ2n) is 3.43. The number of ketones is 1. The summed E-state index contributed by atoms with van der Waals surface area (Å²) in [6, 6.07) is 3.73. The zero-order valence-corrected chi connectivity index (χ0v) is 10.9. The Balaban J connectivity index is 2.85. The van der Waals surface area contributed by atoms with E-state index in [1.807, 2.05) is 0 Å². The van der Waals surface area contributed by atoms with Crippen LogP contribution in [-0.2, 0) is 9.84 Å². The third-order valence-electron chi connectivity index (χ3n) is 1.93. The number of Topliss-reactive ketones (excluding diaryl/α,β-unsaturated/α-hetero) is 1. The number of benzene rings is 1. The normalized spacial score (nSPS) is 11.4. The fourth-order valence-electron chi connectivity index (χ4n) is 1.12. The van der Waals surface area contributed by atoms with E-state index < -0.39 is 21.4 Å². The Hall–Kier alpha value is -0.750. The van der Waals surface area contributed by atoms with Crippen molar-refractivity contribution in [2.75, 3.05) is 12.0 Å². The monoisotopic (exact) mass is 308 g/mol. The molecule has 0 fully saturated rings. The van der Waals surface area contributed by atoms with Gasteiger partial charge in [-0.05, 0) is 18.2 Å². The fraction of sp³-hybridized carbons (Fsp3) is 0.300. The lowest BCUT2D eigenvalue weighted by Gasteiger charge is -2.03. The van der Waals surface area contributed by atoms with Crippen LogP contribution in [0.4, 0.5) is 4.39 Å². The summed E-state index contributed by atoms with van der Waals surface area (Å²) in [5.41, 5.74) is 0.170. The van der Waals surface area contributed by atoms with Gasteiger partial charge in [0.1, 0.15) is 15.7 Å². The SMILES string of the molecule is CS(=O)(=O)CCC(=O)c1cc(F)ccc1Br. The number of sulfone groups is 1. The second-order valence-corrected chi connectivity index (χ2v) is 6.54. The topological polar surface area (TPSA) is 51.2 Å². The molecule has 88 valence electrons. The van der Waals surface area contributed by atoms with Gasteiger partial charge in [0.05, 0.1) is 5.75 Å². The molecule has 0 aliphatic rings. The first-order valence-corrected chi connectivity index (χ1v) is 7.31. The van der Waals surface area contributed by atoms with Crippen molar-refractivity contribution in [3.05, 3.63) is 34.1 Å². The molecule has 1 rings (SSSR count). The average Bonchev–Trinajstić information content (AvgIpc) is 2.17. The van der Waals surface area contributed by atoms with Gasteiger partial charge < -0.3 is 0 Å². The van der Waals surface area contributed by atoms with E-state index in [0.29, 0.717) is 4.47 Å². The number of hydrogen-bond acceptors (Lipinski definition) is 3. The first-order valence-electron chi connectivity index (χ1n) is 4.45. The molecule has 0 heterocycles. The molecule has 1 aromatic carbocycles. The van der Waals surface area contributed by atoms with Crippen molar-refractivity contribution in [3.63, 3.8) is 0 Å². The Bertz CT molecular complexity index is 511. The third kappa shape index (κ3) is 4.02. The molecule has 0 bridgehead atoms. The van der Waals surface area contributed by atoms with Gasteiger partial charge in [0.25, 0.3) is 0 Å². The highest BCUT2D eigenvalue weighted by Crippen LogP contribution is 2.19. The Morgan fingerprint density at radius 2 is 2.06 bits per heavy atom. The summed E-state index contributed by atoms with van der Waals surface area (Å²) in [5, 5.41) is 0. The highest BCUT2D eigenvalue weighted by Gasteiger charge is 2.13. The summed E-state index contributed by atoms with van der Waals surface area (Å²) in [6.07, 6.45) is 0.918. The number of carbonyl (C=O) groups excluding carboxylic acids is 1. The van der Waals surface area contributed by atoms with Gasteiger partial charge in [-0.3, -0.25) is 4.79 Å². The molecule has 6 heteroatoms. The van der Waals surface area contributed by atoms with Crippen LogP contribution < -0.4 is 0 Å². The van der Waals surface area contributed by atoms with Crippen molar-refractivity contribution in [1.82, 2.24) is 0 Å². The third-order valence-corrected chi connectivity index (χ3v) is 3.57. The maximum absolute atomic E-state index is 12.9. The van der Waals surface area contributed by atoms with Crippen molar-refractivity contribution in [3.8, 4) is 0 Å². The van der Waals surface area contributed by atoms with E-state index in [1.54, 1.807) is 0 Å². The molecule has 0 saturated carbocycles. The Morgan fingerprint density at radius 3 is 2.62 bits per heavy atom. The highest BCUT2D eigenvalue weighted by molar-refractivity contribution is 9.10. The van der Waals surface area contributed by atoms with E-state index in [4.69, 9.17) is 0 Å². The van der Waals surface area contributed by atoms with Crippen LogP contribution in [-0.4, -0.2) is 26.2 Å². The second kappa shape index (κ2) is 5.05. The van der Waals surface area contributed by atoms with Gasteiger partial charge in [-0.1, -0.05) is 15.9 Å². The number of halogens is 2. The van der Waals surface area contributed by atoms with Gasteiger partial charge in [-0.15, -0.1) is 0 Å². The van der Waals surface area contributed by atoms with Crippen molar-refractivity contribution in [2.24, 2.45) is 0 Å². The van der Waals surface area contributed by atoms with Gasteiger partial charge in [-0.2, -0.15) is 0 Å². The summed E-state index contributed by atoms with van der Waals surface area (Å²) in [7, 11) is -3.18.